The van der Waals surface area contributed by atoms with Gasteiger partial charge in [-0.05, 0) is 25.7 Å². The monoisotopic (exact) mass is 215 g/mol. The number of carbonyl (C=O) groups excluding carboxylic acids is 1. The highest BCUT2D eigenvalue weighted by molar-refractivity contribution is 5.81. The fourth-order valence-electron chi connectivity index (χ4n) is 1.31. The Hall–Kier alpha value is -1.10. The molecule has 1 aliphatic rings. The number of aliphatic carboxylic acids is 1. The Morgan fingerprint density at radius 2 is 2.07 bits per heavy atom. The van der Waals surface area contributed by atoms with E-state index in [-0.39, 0.29) is 18.4 Å². The number of aliphatic hydroxyl groups is 1. The van der Waals surface area contributed by atoms with Crippen LogP contribution in [0.2, 0.25) is 0 Å². The van der Waals surface area contributed by atoms with E-state index in [1.165, 1.54) is 0 Å². The lowest BCUT2D eigenvalue weighted by molar-refractivity contribution is -0.156. The zero-order valence-corrected chi connectivity index (χ0v) is 8.99. The first kappa shape index (κ1) is 12.0. The summed E-state index contributed by atoms with van der Waals surface area (Å²) >= 11 is 0. The number of carboxylic acid groups (broad SMARTS) is 1. The summed E-state index contributed by atoms with van der Waals surface area (Å²) in [5.41, 5.74) is -1.89. The third-order valence-corrected chi connectivity index (χ3v) is 2.81. The van der Waals surface area contributed by atoms with Crippen LogP contribution in [0.25, 0.3) is 0 Å². The van der Waals surface area contributed by atoms with Crippen molar-refractivity contribution in [1.82, 2.24) is 5.32 Å². The molecule has 1 amide bonds. The van der Waals surface area contributed by atoms with Crippen molar-refractivity contribution in [2.75, 3.05) is 6.54 Å². The van der Waals surface area contributed by atoms with Crippen LogP contribution in [0.15, 0.2) is 0 Å². The average Bonchev–Trinajstić information content (AvgIpc) is 2.96. The topological polar surface area (TPSA) is 86.6 Å². The molecule has 0 spiro atoms. The first-order valence-electron chi connectivity index (χ1n) is 5.08. The second kappa shape index (κ2) is 4.18. The molecular formula is C10H17NO4. The van der Waals surface area contributed by atoms with Gasteiger partial charge >= 0.3 is 5.97 Å². The van der Waals surface area contributed by atoms with Gasteiger partial charge in [0.1, 0.15) is 0 Å². The normalized spacial score (nSPS) is 21.5. The molecule has 0 aromatic rings. The van der Waals surface area contributed by atoms with Crippen LogP contribution in [0.3, 0.4) is 0 Å². The van der Waals surface area contributed by atoms with Crippen LogP contribution in [0.1, 0.15) is 26.7 Å². The summed E-state index contributed by atoms with van der Waals surface area (Å²) in [6, 6.07) is 0. The van der Waals surface area contributed by atoms with Gasteiger partial charge in [-0.1, -0.05) is 6.92 Å². The summed E-state index contributed by atoms with van der Waals surface area (Å²) in [5.74, 6) is -1.17. The van der Waals surface area contributed by atoms with Crippen LogP contribution in [-0.4, -0.2) is 34.2 Å². The van der Waals surface area contributed by atoms with E-state index in [0.29, 0.717) is 5.92 Å². The number of nitrogens with one attached hydrogen (secondary N) is 1. The van der Waals surface area contributed by atoms with E-state index in [1.807, 2.05) is 6.92 Å². The Bertz CT molecular complexity index is 271. The van der Waals surface area contributed by atoms with Gasteiger partial charge in [0.25, 0.3) is 0 Å². The van der Waals surface area contributed by atoms with Crippen LogP contribution in [0.4, 0.5) is 0 Å². The van der Waals surface area contributed by atoms with Crippen LogP contribution in [-0.2, 0) is 9.59 Å². The van der Waals surface area contributed by atoms with Crippen LogP contribution in [0, 0.1) is 11.8 Å². The quantitative estimate of drug-likeness (QED) is 0.601. The first-order valence-corrected chi connectivity index (χ1v) is 5.08. The van der Waals surface area contributed by atoms with Crippen LogP contribution < -0.4 is 5.32 Å². The summed E-state index contributed by atoms with van der Waals surface area (Å²) in [6.45, 7) is 2.73. The van der Waals surface area contributed by atoms with Crippen molar-refractivity contribution in [3.8, 4) is 0 Å². The van der Waals surface area contributed by atoms with Gasteiger partial charge < -0.3 is 15.5 Å². The zero-order chi connectivity index (χ0) is 11.6. The minimum absolute atomic E-state index is 0.0883. The van der Waals surface area contributed by atoms with Gasteiger partial charge in [-0.3, -0.25) is 4.79 Å². The van der Waals surface area contributed by atoms with Crippen molar-refractivity contribution in [2.45, 2.75) is 32.3 Å². The minimum Gasteiger partial charge on any atom is -0.479 e. The molecule has 2 atom stereocenters. The molecule has 2 unspecified atom stereocenters. The van der Waals surface area contributed by atoms with Gasteiger partial charge in [-0.2, -0.15) is 0 Å². The predicted molar refractivity (Wildman–Crippen MR) is 53.2 cm³/mol. The molecule has 0 aromatic carbocycles. The molecule has 0 bridgehead atoms. The lowest BCUT2D eigenvalue weighted by Crippen LogP contribution is -2.47. The minimum atomic E-state index is -1.89. The Balaban J connectivity index is 2.35. The predicted octanol–water partition coefficient (Wildman–Crippen LogP) is -0.0157. The fourth-order valence-corrected chi connectivity index (χ4v) is 1.31. The third-order valence-electron chi connectivity index (χ3n) is 2.81. The number of carboxylic acids is 1. The van der Waals surface area contributed by atoms with Crippen LogP contribution in [0.5, 0.6) is 0 Å². The van der Waals surface area contributed by atoms with Crippen molar-refractivity contribution in [3.63, 3.8) is 0 Å². The molecule has 1 rings (SSSR count). The standard InChI is InChI=1S/C10H17NO4/c1-6(7-3-4-7)8(12)11-5-10(2,15)9(13)14/h6-7,15H,3-5H2,1-2H3,(H,11,12)(H,13,14). The number of carbonyl (C=O) groups is 2. The number of hydrogen-bond donors (Lipinski definition) is 3. The van der Waals surface area contributed by atoms with E-state index in [1.54, 1.807) is 0 Å². The molecule has 1 fully saturated rings. The molecule has 0 aliphatic heterocycles. The SMILES string of the molecule is CC(C(=O)NCC(C)(O)C(=O)O)C1CC1. The second-order valence-electron chi connectivity index (χ2n) is 4.42. The van der Waals surface area contributed by atoms with E-state index in [9.17, 15) is 14.7 Å². The van der Waals surface area contributed by atoms with Crippen molar-refractivity contribution in [3.05, 3.63) is 0 Å². The molecule has 86 valence electrons. The molecule has 1 saturated carbocycles. The fraction of sp³-hybridized carbons (Fsp3) is 0.800. The number of amides is 1. The molecule has 0 aromatic heterocycles. The maximum atomic E-state index is 11.5. The Morgan fingerprint density at radius 3 is 2.47 bits per heavy atom. The van der Waals surface area contributed by atoms with Crippen molar-refractivity contribution < 1.29 is 19.8 Å². The van der Waals surface area contributed by atoms with E-state index in [2.05, 4.69) is 5.32 Å². The number of hydrogen-bond acceptors (Lipinski definition) is 3. The summed E-state index contributed by atoms with van der Waals surface area (Å²) in [7, 11) is 0. The largest absolute Gasteiger partial charge is 0.479 e. The van der Waals surface area contributed by atoms with Crippen molar-refractivity contribution in [2.24, 2.45) is 11.8 Å². The lowest BCUT2D eigenvalue weighted by atomic mass is 10.0. The van der Waals surface area contributed by atoms with E-state index < -0.39 is 11.6 Å². The van der Waals surface area contributed by atoms with Gasteiger partial charge in [-0.25, -0.2) is 4.79 Å². The van der Waals surface area contributed by atoms with Crippen LogP contribution >= 0.6 is 0 Å². The van der Waals surface area contributed by atoms with Gasteiger partial charge in [0, 0.05) is 5.92 Å². The highest BCUT2D eigenvalue weighted by Crippen LogP contribution is 2.36. The molecule has 5 heteroatoms. The van der Waals surface area contributed by atoms with Gasteiger partial charge in [-0.15, -0.1) is 0 Å². The molecule has 15 heavy (non-hydrogen) atoms. The molecule has 3 N–H and O–H groups in total. The second-order valence-corrected chi connectivity index (χ2v) is 4.42. The molecule has 1 aliphatic carbocycles. The summed E-state index contributed by atoms with van der Waals surface area (Å²) in [6.07, 6.45) is 2.12. The smallest absolute Gasteiger partial charge is 0.337 e. The Kier molecular flexibility index (Phi) is 3.34. The number of rotatable bonds is 5. The Morgan fingerprint density at radius 1 is 1.53 bits per heavy atom. The van der Waals surface area contributed by atoms with E-state index >= 15 is 0 Å². The summed E-state index contributed by atoms with van der Waals surface area (Å²) in [5, 5.41) is 20.4. The molecular weight excluding hydrogens is 198 g/mol. The van der Waals surface area contributed by atoms with Gasteiger partial charge in [0.15, 0.2) is 5.60 Å². The lowest BCUT2D eigenvalue weighted by Gasteiger charge is -2.19. The Labute approximate surface area is 88.5 Å². The summed E-state index contributed by atoms with van der Waals surface area (Å²) in [4.78, 5) is 22.0. The first-order chi connectivity index (χ1) is 6.84. The molecule has 0 heterocycles. The maximum absolute atomic E-state index is 11.5. The molecule has 0 radical (unpaired) electrons. The zero-order valence-electron chi connectivity index (χ0n) is 8.99. The van der Waals surface area contributed by atoms with Crippen molar-refractivity contribution >= 4 is 11.9 Å². The highest BCUT2D eigenvalue weighted by Gasteiger charge is 2.35. The van der Waals surface area contributed by atoms with E-state index in [4.69, 9.17) is 5.11 Å². The summed E-state index contributed by atoms with van der Waals surface area (Å²) < 4.78 is 0. The molecule has 5 nitrogen and oxygen atoms in total. The van der Waals surface area contributed by atoms with Gasteiger partial charge in [0.2, 0.25) is 5.91 Å². The van der Waals surface area contributed by atoms with Crippen molar-refractivity contribution in [1.29, 1.82) is 0 Å². The maximum Gasteiger partial charge on any atom is 0.337 e. The third kappa shape index (κ3) is 3.20. The molecule has 0 saturated heterocycles. The average molecular weight is 215 g/mol. The highest BCUT2D eigenvalue weighted by atomic mass is 16.4. The van der Waals surface area contributed by atoms with Gasteiger partial charge in [0.05, 0.1) is 6.54 Å². The van der Waals surface area contributed by atoms with E-state index in [0.717, 1.165) is 19.8 Å².